The minimum absolute atomic E-state index is 0.550. The van der Waals surface area contributed by atoms with Crippen LogP contribution in [0.5, 0.6) is 0 Å². The fraction of sp³-hybridized carbons (Fsp3) is 0.615. The standard InChI is InChI=1S/C13H19N3O2/c1-4-13(11(17)18)6-5-7-16(13)12-14-9(2)8-10(3)15-12/h8H,4-7H2,1-3H3,(H,17,18). The van der Waals surface area contributed by atoms with Gasteiger partial charge in [-0.15, -0.1) is 0 Å². The lowest BCUT2D eigenvalue weighted by Gasteiger charge is -2.34. The molecule has 5 heteroatoms. The molecule has 18 heavy (non-hydrogen) atoms. The minimum atomic E-state index is -0.833. The smallest absolute Gasteiger partial charge is 0.329 e. The molecule has 1 saturated heterocycles. The quantitative estimate of drug-likeness (QED) is 0.886. The first-order chi connectivity index (χ1) is 8.49. The average Bonchev–Trinajstić information content (AvgIpc) is 2.72. The number of anilines is 1. The number of rotatable bonds is 3. The van der Waals surface area contributed by atoms with Gasteiger partial charge in [0.05, 0.1) is 0 Å². The Balaban J connectivity index is 2.45. The van der Waals surface area contributed by atoms with Gasteiger partial charge in [0, 0.05) is 17.9 Å². The second kappa shape index (κ2) is 4.55. The van der Waals surface area contributed by atoms with E-state index in [1.54, 1.807) is 0 Å². The van der Waals surface area contributed by atoms with Crippen molar-refractivity contribution >= 4 is 11.9 Å². The first kappa shape index (κ1) is 12.8. The predicted octanol–water partition coefficient (Wildman–Crippen LogP) is 1.93. The van der Waals surface area contributed by atoms with Gasteiger partial charge in [-0.3, -0.25) is 0 Å². The summed E-state index contributed by atoms with van der Waals surface area (Å²) in [4.78, 5) is 22.3. The molecule has 1 atom stereocenters. The minimum Gasteiger partial charge on any atom is -0.479 e. The van der Waals surface area contributed by atoms with E-state index in [1.807, 2.05) is 31.7 Å². The van der Waals surface area contributed by atoms with Gasteiger partial charge >= 0.3 is 5.97 Å². The number of aliphatic carboxylic acids is 1. The Labute approximate surface area is 107 Å². The van der Waals surface area contributed by atoms with Gasteiger partial charge in [0.25, 0.3) is 0 Å². The maximum atomic E-state index is 11.6. The largest absolute Gasteiger partial charge is 0.479 e. The van der Waals surface area contributed by atoms with Crippen molar-refractivity contribution in [1.82, 2.24) is 9.97 Å². The van der Waals surface area contributed by atoms with Crippen molar-refractivity contribution < 1.29 is 9.90 Å². The van der Waals surface area contributed by atoms with Crippen LogP contribution in [0.3, 0.4) is 0 Å². The number of hydrogen-bond acceptors (Lipinski definition) is 4. The van der Waals surface area contributed by atoms with Crippen molar-refractivity contribution in [1.29, 1.82) is 0 Å². The molecule has 0 aliphatic carbocycles. The summed E-state index contributed by atoms with van der Waals surface area (Å²) >= 11 is 0. The third-order valence-corrected chi connectivity index (χ3v) is 3.68. The van der Waals surface area contributed by atoms with Crippen LogP contribution in [0, 0.1) is 13.8 Å². The summed E-state index contributed by atoms with van der Waals surface area (Å²) < 4.78 is 0. The van der Waals surface area contributed by atoms with Crippen molar-refractivity contribution in [2.45, 2.75) is 45.6 Å². The lowest BCUT2D eigenvalue weighted by Crippen LogP contribution is -2.51. The third kappa shape index (κ3) is 1.94. The number of carboxylic acid groups (broad SMARTS) is 1. The monoisotopic (exact) mass is 249 g/mol. The molecule has 1 fully saturated rings. The van der Waals surface area contributed by atoms with Gasteiger partial charge in [0.1, 0.15) is 5.54 Å². The first-order valence-electron chi connectivity index (χ1n) is 6.33. The highest BCUT2D eigenvalue weighted by molar-refractivity contribution is 5.83. The first-order valence-corrected chi connectivity index (χ1v) is 6.33. The maximum absolute atomic E-state index is 11.6. The van der Waals surface area contributed by atoms with Gasteiger partial charge in [-0.1, -0.05) is 6.92 Å². The van der Waals surface area contributed by atoms with E-state index in [0.29, 0.717) is 25.3 Å². The number of carboxylic acids is 1. The summed E-state index contributed by atoms with van der Waals surface area (Å²) in [6.07, 6.45) is 2.10. The van der Waals surface area contributed by atoms with Crippen LogP contribution in [0.2, 0.25) is 0 Å². The van der Waals surface area contributed by atoms with E-state index >= 15 is 0 Å². The van der Waals surface area contributed by atoms with Crippen molar-refractivity contribution in [3.8, 4) is 0 Å². The third-order valence-electron chi connectivity index (χ3n) is 3.68. The second-order valence-electron chi connectivity index (χ2n) is 4.90. The Morgan fingerprint density at radius 1 is 1.44 bits per heavy atom. The topological polar surface area (TPSA) is 66.3 Å². The van der Waals surface area contributed by atoms with E-state index in [9.17, 15) is 9.90 Å². The maximum Gasteiger partial charge on any atom is 0.329 e. The Hall–Kier alpha value is -1.65. The van der Waals surface area contributed by atoms with Crippen molar-refractivity contribution in [3.05, 3.63) is 17.5 Å². The average molecular weight is 249 g/mol. The molecule has 0 spiro atoms. The van der Waals surface area contributed by atoms with E-state index in [2.05, 4.69) is 9.97 Å². The summed E-state index contributed by atoms with van der Waals surface area (Å²) in [5.41, 5.74) is 0.917. The van der Waals surface area contributed by atoms with Crippen LogP contribution in [0.15, 0.2) is 6.07 Å². The molecule has 0 amide bonds. The number of carbonyl (C=O) groups is 1. The molecular formula is C13H19N3O2. The van der Waals surface area contributed by atoms with Crippen molar-refractivity contribution in [2.75, 3.05) is 11.4 Å². The number of aromatic nitrogens is 2. The number of hydrogen-bond donors (Lipinski definition) is 1. The number of nitrogens with zero attached hydrogens (tertiary/aromatic N) is 3. The van der Waals surface area contributed by atoms with Crippen LogP contribution in [-0.4, -0.2) is 33.1 Å². The van der Waals surface area contributed by atoms with Crippen molar-refractivity contribution in [2.24, 2.45) is 0 Å². The Bertz CT molecular complexity index is 455. The molecule has 1 aromatic heterocycles. The lowest BCUT2D eigenvalue weighted by atomic mass is 9.93. The van der Waals surface area contributed by atoms with Crippen LogP contribution in [-0.2, 0) is 4.79 Å². The summed E-state index contributed by atoms with van der Waals surface area (Å²) in [5.74, 6) is -0.223. The van der Waals surface area contributed by atoms with E-state index < -0.39 is 11.5 Å². The SMILES string of the molecule is CCC1(C(=O)O)CCCN1c1nc(C)cc(C)n1. The van der Waals surface area contributed by atoms with Gasteiger partial charge in [0.15, 0.2) is 0 Å². The number of aryl methyl sites for hydroxylation is 2. The summed E-state index contributed by atoms with van der Waals surface area (Å²) in [5, 5.41) is 9.54. The van der Waals surface area contributed by atoms with Crippen LogP contribution < -0.4 is 4.90 Å². The lowest BCUT2D eigenvalue weighted by molar-refractivity contribution is -0.143. The molecule has 1 aromatic rings. The van der Waals surface area contributed by atoms with Crippen LogP contribution >= 0.6 is 0 Å². The highest BCUT2D eigenvalue weighted by Crippen LogP contribution is 2.35. The Morgan fingerprint density at radius 3 is 2.56 bits per heavy atom. The van der Waals surface area contributed by atoms with Crippen molar-refractivity contribution in [3.63, 3.8) is 0 Å². The molecule has 98 valence electrons. The second-order valence-corrected chi connectivity index (χ2v) is 4.90. The summed E-state index contributed by atoms with van der Waals surface area (Å²) in [6.45, 7) is 6.43. The van der Waals surface area contributed by atoms with E-state index in [1.165, 1.54) is 0 Å². The van der Waals surface area contributed by atoms with Crippen LogP contribution in [0.25, 0.3) is 0 Å². The van der Waals surface area contributed by atoms with Gasteiger partial charge in [-0.05, 0) is 39.2 Å². The zero-order valence-electron chi connectivity index (χ0n) is 11.1. The summed E-state index contributed by atoms with van der Waals surface area (Å²) in [7, 11) is 0. The molecular weight excluding hydrogens is 230 g/mol. The van der Waals surface area contributed by atoms with E-state index in [0.717, 1.165) is 17.8 Å². The highest BCUT2D eigenvalue weighted by Gasteiger charge is 2.47. The van der Waals surface area contributed by atoms with E-state index in [4.69, 9.17) is 0 Å². The Morgan fingerprint density at radius 2 is 2.06 bits per heavy atom. The fourth-order valence-electron chi connectivity index (χ4n) is 2.74. The molecule has 2 rings (SSSR count). The molecule has 5 nitrogen and oxygen atoms in total. The molecule has 1 aliphatic rings. The van der Waals surface area contributed by atoms with E-state index in [-0.39, 0.29) is 0 Å². The van der Waals surface area contributed by atoms with Gasteiger partial charge in [0.2, 0.25) is 5.95 Å². The molecule has 0 radical (unpaired) electrons. The normalized spacial score (nSPS) is 23.4. The predicted molar refractivity (Wildman–Crippen MR) is 68.7 cm³/mol. The zero-order chi connectivity index (χ0) is 13.3. The van der Waals surface area contributed by atoms with Gasteiger partial charge in [-0.2, -0.15) is 0 Å². The molecule has 0 aromatic carbocycles. The fourth-order valence-corrected chi connectivity index (χ4v) is 2.74. The molecule has 1 N–H and O–H groups in total. The van der Waals surface area contributed by atoms with Gasteiger partial charge in [-0.25, -0.2) is 14.8 Å². The molecule has 0 saturated carbocycles. The zero-order valence-corrected chi connectivity index (χ0v) is 11.1. The highest BCUT2D eigenvalue weighted by atomic mass is 16.4. The Kier molecular flexibility index (Phi) is 3.24. The molecule has 2 heterocycles. The van der Waals surface area contributed by atoms with Crippen LogP contribution in [0.1, 0.15) is 37.6 Å². The molecule has 0 bridgehead atoms. The summed E-state index contributed by atoms with van der Waals surface area (Å²) in [6, 6.07) is 1.90. The van der Waals surface area contributed by atoms with Crippen LogP contribution in [0.4, 0.5) is 5.95 Å². The molecule has 1 aliphatic heterocycles. The molecule has 1 unspecified atom stereocenters. The van der Waals surface area contributed by atoms with Gasteiger partial charge < -0.3 is 10.0 Å².